The molecule has 1 aromatic heterocycles. The van der Waals surface area contributed by atoms with Crippen LogP contribution < -0.4 is 15.8 Å². The Hall–Kier alpha value is -3.72. The van der Waals surface area contributed by atoms with Gasteiger partial charge in [0.1, 0.15) is 23.4 Å². The minimum Gasteiger partial charge on any atom is -0.481 e. The summed E-state index contributed by atoms with van der Waals surface area (Å²) in [6.45, 7) is 8.85. The number of carbonyl (C=O) groups is 2. The van der Waals surface area contributed by atoms with E-state index in [0.717, 1.165) is 10.9 Å². The Kier molecular flexibility index (Phi) is 8.00. The average molecular weight is 491 g/mol. The third kappa shape index (κ3) is 6.09. The summed E-state index contributed by atoms with van der Waals surface area (Å²) in [5.74, 6) is 1.53. The second-order valence-corrected chi connectivity index (χ2v) is 9.45. The van der Waals surface area contributed by atoms with Crippen molar-refractivity contribution in [1.82, 2.24) is 19.8 Å². The van der Waals surface area contributed by atoms with Crippen LogP contribution in [0.1, 0.15) is 26.6 Å². The van der Waals surface area contributed by atoms with Crippen molar-refractivity contribution in [2.45, 2.75) is 39.5 Å². The van der Waals surface area contributed by atoms with Crippen LogP contribution in [0.4, 0.5) is 5.82 Å². The summed E-state index contributed by atoms with van der Waals surface area (Å²) in [5.41, 5.74) is 6.43. The number of carbonyl (C=O) groups excluding carboxylic acids is 2. The van der Waals surface area contributed by atoms with Crippen molar-refractivity contribution in [2.24, 2.45) is 11.7 Å². The van der Waals surface area contributed by atoms with Crippen molar-refractivity contribution in [1.29, 1.82) is 0 Å². The molecular weight excluding hydrogens is 456 g/mol. The Morgan fingerprint density at radius 2 is 1.64 bits per heavy atom. The van der Waals surface area contributed by atoms with Gasteiger partial charge in [0.2, 0.25) is 5.91 Å². The van der Waals surface area contributed by atoms with Gasteiger partial charge in [-0.3, -0.25) is 14.5 Å². The van der Waals surface area contributed by atoms with Crippen LogP contribution in [-0.2, 0) is 16.1 Å². The number of nitrogens with two attached hydrogens (primary N) is 1. The fourth-order valence-electron chi connectivity index (χ4n) is 4.36. The number of benzene rings is 2. The number of fused-ring (bicyclic) bond motifs is 1. The summed E-state index contributed by atoms with van der Waals surface area (Å²) in [6.07, 6.45) is -0.546. The third-order valence-electron chi connectivity index (χ3n) is 6.37. The molecule has 3 aromatic rings. The molecule has 2 heterocycles. The SMILES string of the molecule is CC(Oc1ccccc1)C(=O)N1CCN(Cc2nc(N[C@H](C(N)=O)C(C)C)c3ccccc3n2)CC1. The van der Waals surface area contributed by atoms with Gasteiger partial charge in [-0.2, -0.15) is 0 Å². The molecule has 1 aliphatic heterocycles. The van der Waals surface area contributed by atoms with Crippen LogP contribution in [0, 0.1) is 5.92 Å². The number of piperazine rings is 1. The molecule has 3 N–H and O–H groups in total. The van der Waals surface area contributed by atoms with Crippen LogP contribution in [0.3, 0.4) is 0 Å². The number of aromatic nitrogens is 2. The van der Waals surface area contributed by atoms with Gasteiger partial charge in [0.15, 0.2) is 6.10 Å². The molecule has 0 spiro atoms. The molecule has 0 bridgehead atoms. The van der Waals surface area contributed by atoms with E-state index in [2.05, 4.69) is 10.2 Å². The predicted octanol–water partition coefficient (Wildman–Crippen LogP) is 2.66. The second kappa shape index (κ2) is 11.3. The van der Waals surface area contributed by atoms with E-state index in [-0.39, 0.29) is 11.8 Å². The molecule has 1 aliphatic rings. The molecule has 36 heavy (non-hydrogen) atoms. The van der Waals surface area contributed by atoms with Gasteiger partial charge in [-0.15, -0.1) is 0 Å². The van der Waals surface area contributed by atoms with E-state index < -0.39 is 18.1 Å². The molecule has 9 heteroatoms. The number of ether oxygens (including phenoxy) is 1. The first-order chi connectivity index (χ1) is 17.3. The number of hydrogen-bond donors (Lipinski definition) is 2. The van der Waals surface area contributed by atoms with Crippen LogP contribution >= 0.6 is 0 Å². The number of amides is 2. The monoisotopic (exact) mass is 490 g/mol. The molecule has 9 nitrogen and oxygen atoms in total. The van der Waals surface area contributed by atoms with Crippen LogP contribution in [0.15, 0.2) is 54.6 Å². The number of anilines is 1. The van der Waals surface area contributed by atoms with E-state index in [1.807, 2.05) is 73.3 Å². The first-order valence-electron chi connectivity index (χ1n) is 12.4. The highest BCUT2D eigenvalue weighted by molar-refractivity contribution is 5.92. The Bertz CT molecular complexity index is 1190. The van der Waals surface area contributed by atoms with Crippen molar-refractivity contribution in [3.8, 4) is 5.75 Å². The molecule has 4 rings (SSSR count). The van der Waals surface area contributed by atoms with Crippen LogP contribution in [0.5, 0.6) is 5.75 Å². The average Bonchev–Trinajstić information content (AvgIpc) is 2.87. The molecule has 1 unspecified atom stereocenters. The standard InChI is InChI=1S/C27H34N6O3/c1-18(2)24(25(28)34)31-26-21-11-7-8-12-22(21)29-23(30-26)17-32-13-15-33(16-14-32)27(35)19(3)36-20-9-5-4-6-10-20/h4-12,18-19,24H,13-17H2,1-3H3,(H2,28,34)(H,29,30,31)/t19?,24-/m0/s1. The Labute approximate surface area is 211 Å². The smallest absolute Gasteiger partial charge is 0.263 e. The van der Waals surface area contributed by atoms with Gasteiger partial charge in [0.25, 0.3) is 5.91 Å². The molecule has 0 saturated carbocycles. The molecule has 1 fully saturated rings. The molecule has 1 saturated heterocycles. The largest absolute Gasteiger partial charge is 0.481 e. The van der Waals surface area contributed by atoms with Gasteiger partial charge in [-0.05, 0) is 37.1 Å². The summed E-state index contributed by atoms with van der Waals surface area (Å²) >= 11 is 0. The third-order valence-corrected chi connectivity index (χ3v) is 6.37. The van der Waals surface area contributed by atoms with Crippen LogP contribution in [0.2, 0.25) is 0 Å². The van der Waals surface area contributed by atoms with E-state index in [4.69, 9.17) is 20.4 Å². The van der Waals surface area contributed by atoms with Gasteiger partial charge in [-0.25, -0.2) is 9.97 Å². The Morgan fingerprint density at radius 3 is 2.31 bits per heavy atom. The zero-order valence-electron chi connectivity index (χ0n) is 21.1. The topological polar surface area (TPSA) is 114 Å². The van der Waals surface area contributed by atoms with Gasteiger partial charge in [0.05, 0.1) is 12.1 Å². The quantitative estimate of drug-likeness (QED) is 0.474. The highest BCUT2D eigenvalue weighted by atomic mass is 16.5. The maximum atomic E-state index is 12.9. The lowest BCUT2D eigenvalue weighted by molar-refractivity contribution is -0.139. The van der Waals surface area contributed by atoms with Crippen molar-refractivity contribution >= 4 is 28.5 Å². The molecule has 0 aliphatic carbocycles. The van der Waals surface area contributed by atoms with Crippen molar-refractivity contribution < 1.29 is 14.3 Å². The number of para-hydroxylation sites is 2. The summed E-state index contributed by atoms with van der Waals surface area (Å²) in [6, 6.07) is 16.6. The summed E-state index contributed by atoms with van der Waals surface area (Å²) < 4.78 is 5.81. The second-order valence-electron chi connectivity index (χ2n) is 9.45. The van der Waals surface area contributed by atoms with Crippen molar-refractivity contribution in [3.05, 3.63) is 60.4 Å². The van der Waals surface area contributed by atoms with E-state index >= 15 is 0 Å². The molecule has 2 aromatic carbocycles. The van der Waals surface area contributed by atoms with E-state index in [0.29, 0.717) is 50.1 Å². The fourth-order valence-corrected chi connectivity index (χ4v) is 4.36. The Morgan fingerprint density at radius 1 is 0.972 bits per heavy atom. The van der Waals surface area contributed by atoms with E-state index in [9.17, 15) is 9.59 Å². The lowest BCUT2D eigenvalue weighted by atomic mass is 10.0. The maximum Gasteiger partial charge on any atom is 0.263 e. The maximum absolute atomic E-state index is 12.9. The van der Waals surface area contributed by atoms with E-state index in [1.54, 1.807) is 6.92 Å². The number of rotatable bonds is 9. The van der Waals surface area contributed by atoms with Crippen molar-refractivity contribution in [2.75, 3.05) is 31.5 Å². The van der Waals surface area contributed by atoms with Crippen LogP contribution in [0.25, 0.3) is 10.9 Å². The normalized spacial score (nSPS) is 16.1. The van der Waals surface area contributed by atoms with Crippen LogP contribution in [-0.4, -0.2) is 69.9 Å². The molecule has 190 valence electrons. The summed E-state index contributed by atoms with van der Waals surface area (Å²) in [4.78, 5) is 38.4. The molecule has 0 radical (unpaired) electrons. The first kappa shape index (κ1) is 25.4. The zero-order chi connectivity index (χ0) is 25.7. The number of hydrogen-bond acceptors (Lipinski definition) is 7. The summed E-state index contributed by atoms with van der Waals surface area (Å²) in [7, 11) is 0. The van der Waals surface area contributed by atoms with Gasteiger partial charge < -0.3 is 20.7 Å². The minimum absolute atomic E-state index is 0.0126. The van der Waals surface area contributed by atoms with Gasteiger partial charge in [-0.1, -0.05) is 44.2 Å². The first-order valence-corrected chi connectivity index (χ1v) is 12.4. The number of primary amides is 1. The highest BCUT2D eigenvalue weighted by Crippen LogP contribution is 2.23. The molecule has 2 amide bonds. The van der Waals surface area contributed by atoms with Gasteiger partial charge in [0, 0.05) is 31.6 Å². The zero-order valence-corrected chi connectivity index (χ0v) is 21.1. The molecular formula is C27H34N6O3. The lowest BCUT2D eigenvalue weighted by Gasteiger charge is -2.35. The molecule has 2 atom stereocenters. The van der Waals surface area contributed by atoms with Crippen molar-refractivity contribution in [3.63, 3.8) is 0 Å². The fraction of sp³-hybridized carbons (Fsp3) is 0.407. The summed E-state index contributed by atoms with van der Waals surface area (Å²) in [5, 5.41) is 4.09. The number of nitrogens with one attached hydrogen (secondary N) is 1. The lowest BCUT2D eigenvalue weighted by Crippen LogP contribution is -2.51. The number of nitrogens with zero attached hydrogens (tertiary/aromatic N) is 4. The van der Waals surface area contributed by atoms with E-state index in [1.165, 1.54) is 0 Å². The Balaban J connectivity index is 1.41. The minimum atomic E-state index is -0.546. The predicted molar refractivity (Wildman–Crippen MR) is 139 cm³/mol. The highest BCUT2D eigenvalue weighted by Gasteiger charge is 2.27. The van der Waals surface area contributed by atoms with Gasteiger partial charge >= 0.3 is 0 Å².